The maximum absolute atomic E-state index is 11.3. The smallest absolute Gasteiger partial charge is 0.133 e. The third kappa shape index (κ3) is 1.96. The van der Waals surface area contributed by atoms with Crippen molar-refractivity contribution < 1.29 is 20.1 Å². The van der Waals surface area contributed by atoms with E-state index in [-0.39, 0.29) is 28.9 Å². The highest BCUT2D eigenvalue weighted by molar-refractivity contribution is 5.80. The summed E-state index contributed by atoms with van der Waals surface area (Å²) in [6.45, 7) is 0. The van der Waals surface area contributed by atoms with Gasteiger partial charge in [0.05, 0.1) is 0 Å². The molecule has 0 spiro atoms. The molecule has 3 N–H and O–H groups in total. The van der Waals surface area contributed by atoms with Crippen molar-refractivity contribution in [3.8, 4) is 17.2 Å². The fourth-order valence-electron chi connectivity index (χ4n) is 2.30. The molecule has 1 aliphatic carbocycles. The first-order valence-corrected chi connectivity index (χ1v) is 5.34. The molecular formula is C12H14O4. The van der Waals surface area contributed by atoms with Crippen LogP contribution in [0.3, 0.4) is 0 Å². The molecule has 16 heavy (non-hydrogen) atoms. The van der Waals surface area contributed by atoms with Crippen LogP contribution in [0.2, 0.25) is 0 Å². The molecule has 2 rings (SSSR count). The lowest BCUT2D eigenvalue weighted by Crippen LogP contribution is -2.13. The second kappa shape index (κ2) is 4.04. The molecule has 0 amide bonds. The molecule has 0 aromatic heterocycles. The molecular weight excluding hydrogens is 208 g/mol. The lowest BCUT2D eigenvalue weighted by molar-refractivity contribution is -0.120. The monoisotopic (exact) mass is 222 g/mol. The molecule has 1 aromatic carbocycles. The average Bonchev–Trinajstić information content (AvgIpc) is 2.15. The van der Waals surface area contributed by atoms with Crippen LogP contribution in [0.1, 0.15) is 37.2 Å². The van der Waals surface area contributed by atoms with E-state index in [2.05, 4.69) is 0 Å². The normalized spacial score (nSPS) is 21.0. The highest BCUT2D eigenvalue weighted by Crippen LogP contribution is 2.42. The highest BCUT2D eigenvalue weighted by Gasteiger charge is 2.26. The fraction of sp³-hybridized carbons (Fsp3) is 0.417. The quantitative estimate of drug-likeness (QED) is 0.679. The van der Waals surface area contributed by atoms with Crippen molar-refractivity contribution in [1.82, 2.24) is 0 Å². The SMILES string of the molecule is O=C1CCC[C@H](c2c(O)cc(O)cc2O)C1. The second-order valence-corrected chi connectivity index (χ2v) is 4.23. The maximum Gasteiger partial charge on any atom is 0.133 e. The summed E-state index contributed by atoms with van der Waals surface area (Å²) in [5.41, 5.74) is 0.380. The number of Topliss-reactive ketones (excluding diaryl/α,β-unsaturated/α-hetero) is 1. The minimum Gasteiger partial charge on any atom is -0.508 e. The van der Waals surface area contributed by atoms with Crippen molar-refractivity contribution >= 4 is 5.78 Å². The van der Waals surface area contributed by atoms with Crippen molar-refractivity contribution in [1.29, 1.82) is 0 Å². The van der Waals surface area contributed by atoms with Crippen LogP contribution in [0.5, 0.6) is 17.2 Å². The van der Waals surface area contributed by atoms with E-state index in [0.717, 1.165) is 12.8 Å². The van der Waals surface area contributed by atoms with Crippen LogP contribution in [0.4, 0.5) is 0 Å². The fourth-order valence-corrected chi connectivity index (χ4v) is 2.30. The summed E-state index contributed by atoms with van der Waals surface area (Å²) in [5, 5.41) is 28.5. The molecule has 0 radical (unpaired) electrons. The molecule has 1 aromatic rings. The summed E-state index contributed by atoms with van der Waals surface area (Å²) in [7, 11) is 0. The van der Waals surface area contributed by atoms with Gasteiger partial charge in [-0.1, -0.05) is 0 Å². The Kier molecular flexibility index (Phi) is 2.73. The molecule has 1 fully saturated rings. The first-order valence-electron chi connectivity index (χ1n) is 5.34. The molecule has 1 saturated carbocycles. The van der Waals surface area contributed by atoms with E-state index in [9.17, 15) is 20.1 Å². The predicted molar refractivity (Wildman–Crippen MR) is 57.7 cm³/mol. The van der Waals surface area contributed by atoms with Gasteiger partial charge in [-0.15, -0.1) is 0 Å². The summed E-state index contributed by atoms with van der Waals surface area (Å²) in [4.78, 5) is 11.3. The van der Waals surface area contributed by atoms with E-state index >= 15 is 0 Å². The summed E-state index contributed by atoms with van der Waals surface area (Å²) in [6.07, 6.45) is 2.49. The third-order valence-electron chi connectivity index (χ3n) is 3.01. The summed E-state index contributed by atoms with van der Waals surface area (Å²) < 4.78 is 0. The number of ketones is 1. The minimum absolute atomic E-state index is 0.137. The van der Waals surface area contributed by atoms with Gasteiger partial charge in [0.15, 0.2) is 0 Å². The van der Waals surface area contributed by atoms with E-state index in [1.54, 1.807) is 0 Å². The first-order chi connectivity index (χ1) is 7.58. The topological polar surface area (TPSA) is 77.8 Å². The zero-order chi connectivity index (χ0) is 11.7. The average molecular weight is 222 g/mol. The van der Waals surface area contributed by atoms with Gasteiger partial charge in [0.1, 0.15) is 23.0 Å². The van der Waals surface area contributed by atoms with Gasteiger partial charge in [0.25, 0.3) is 0 Å². The van der Waals surface area contributed by atoms with Gasteiger partial charge in [0, 0.05) is 30.5 Å². The number of aromatic hydroxyl groups is 3. The Labute approximate surface area is 93.2 Å². The Bertz CT molecular complexity index is 402. The number of hydrogen-bond acceptors (Lipinski definition) is 4. The largest absolute Gasteiger partial charge is 0.508 e. The summed E-state index contributed by atoms with van der Waals surface area (Å²) in [6, 6.07) is 2.38. The molecule has 0 saturated heterocycles. The van der Waals surface area contributed by atoms with Gasteiger partial charge in [-0.05, 0) is 18.8 Å². The molecule has 4 nitrogen and oxygen atoms in total. The third-order valence-corrected chi connectivity index (χ3v) is 3.01. The number of phenolic OH excluding ortho intramolecular Hbond substituents is 3. The predicted octanol–water partition coefficient (Wildman–Crippen LogP) is 2.03. The van der Waals surface area contributed by atoms with Gasteiger partial charge >= 0.3 is 0 Å². The molecule has 1 aliphatic rings. The molecule has 0 heterocycles. The zero-order valence-corrected chi connectivity index (χ0v) is 8.81. The van der Waals surface area contributed by atoms with Crippen molar-refractivity contribution in [3.63, 3.8) is 0 Å². The molecule has 86 valence electrons. The van der Waals surface area contributed by atoms with E-state index in [4.69, 9.17) is 0 Å². The molecule has 4 heteroatoms. The minimum atomic E-state index is -0.180. The number of rotatable bonds is 1. The number of carbonyl (C=O) groups excluding carboxylic acids is 1. The van der Waals surface area contributed by atoms with Gasteiger partial charge < -0.3 is 15.3 Å². The van der Waals surface area contributed by atoms with E-state index < -0.39 is 0 Å². The number of benzene rings is 1. The molecule has 1 atom stereocenters. The Hall–Kier alpha value is -1.71. The van der Waals surface area contributed by atoms with E-state index in [1.165, 1.54) is 12.1 Å². The van der Waals surface area contributed by atoms with Crippen molar-refractivity contribution in [2.24, 2.45) is 0 Å². The van der Waals surface area contributed by atoms with Crippen LogP contribution in [0.25, 0.3) is 0 Å². The molecule has 0 unspecified atom stereocenters. The van der Waals surface area contributed by atoms with Crippen LogP contribution in [0, 0.1) is 0 Å². The van der Waals surface area contributed by atoms with Crippen LogP contribution in [-0.4, -0.2) is 21.1 Å². The van der Waals surface area contributed by atoms with Crippen LogP contribution < -0.4 is 0 Å². The van der Waals surface area contributed by atoms with Crippen LogP contribution >= 0.6 is 0 Å². The van der Waals surface area contributed by atoms with Crippen molar-refractivity contribution in [2.75, 3.05) is 0 Å². The Morgan fingerprint density at radius 1 is 1.12 bits per heavy atom. The standard InChI is InChI=1S/C12H14O4/c13-8-3-1-2-7(4-8)12-10(15)5-9(14)6-11(12)16/h5-7,14-16H,1-4H2/t7-/m0/s1. The number of phenols is 3. The molecule has 0 aliphatic heterocycles. The second-order valence-electron chi connectivity index (χ2n) is 4.23. The number of hydrogen-bond donors (Lipinski definition) is 3. The lowest BCUT2D eigenvalue weighted by atomic mass is 9.82. The Morgan fingerprint density at radius 3 is 2.31 bits per heavy atom. The number of carbonyl (C=O) groups is 1. The van der Waals surface area contributed by atoms with Crippen LogP contribution in [-0.2, 0) is 4.79 Å². The van der Waals surface area contributed by atoms with Crippen molar-refractivity contribution in [2.45, 2.75) is 31.6 Å². The highest BCUT2D eigenvalue weighted by atomic mass is 16.3. The van der Waals surface area contributed by atoms with E-state index in [1.807, 2.05) is 0 Å². The van der Waals surface area contributed by atoms with Gasteiger partial charge in [-0.25, -0.2) is 0 Å². The summed E-state index contributed by atoms with van der Waals surface area (Å²) >= 11 is 0. The first kappa shape index (κ1) is 10.8. The van der Waals surface area contributed by atoms with Gasteiger partial charge in [-0.3, -0.25) is 4.79 Å². The summed E-state index contributed by atoms with van der Waals surface area (Å²) in [5.74, 6) is -0.444. The van der Waals surface area contributed by atoms with Gasteiger partial charge in [-0.2, -0.15) is 0 Å². The van der Waals surface area contributed by atoms with E-state index in [0.29, 0.717) is 18.4 Å². The van der Waals surface area contributed by atoms with Crippen LogP contribution in [0.15, 0.2) is 12.1 Å². The molecule has 0 bridgehead atoms. The van der Waals surface area contributed by atoms with Gasteiger partial charge in [0.2, 0.25) is 0 Å². The lowest BCUT2D eigenvalue weighted by Gasteiger charge is -2.22. The Morgan fingerprint density at radius 2 is 1.75 bits per heavy atom. The maximum atomic E-state index is 11.3. The Balaban J connectivity index is 2.35. The zero-order valence-electron chi connectivity index (χ0n) is 8.81. The van der Waals surface area contributed by atoms with Crippen molar-refractivity contribution in [3.05, 3.63) is 17.7 Å².